The molecule has 162 valence electrons. The molecule has 2 aliphatic carbocycles. The molecule has 0 heterocycles. The van der Waals surface area contributed by atoms with Crippen LogP contribution in [0.4, 0.5) is 0 Å². The second kappa shape index (κ2) is 18.5. The molecular weight excluding hydrogens is 423 g/mol. The quantitative estimate of drug-likeness (QED) is 0.268. The van der Waals surface area contributed by atoms with E-state index < -0.39 is 4.30 Å². The molecule has 0 amide bonds. The first kappa shape index (κ1) is 27.5. The number of nitrogens with zero attached hydrogens (tertiary/aromatic N) is 2. The Morgan fingerprint density at radius 1 is 0.964 bits per heavy atom. The lowest BCUT2D eigenvalue weighted by Gasteiger charge is -2.26. The fourth-order valence-corrected chi connectivity index (χ4v) is 3.87. The number of nitriles is 1. The van der Waals surface area contributed by atoms with Crippen molar-refractivity contribution in [3.8, 4) is 6.26 Å². The summed E-state index contributed by atoms with van der Waals surface area (Å²) < 4.78 is 3.97. The zero-order chi connectivity index (χ0) is 21.2. The molecule has 0 aliphatic heterocycles. The van der Waals surface area contributed by atoms with Crippen LogP contribution in [0.15, 0.2) is 4.99 Å². The summed E-state index contributed by atoms with van der Waals surface area (Å²) in [6.45, 7) is 2.80. The summed E-state index contributed by atoms with van der Waals surface area (Å²) >= 11 is 14.4. The largest absolute Gasteiger partial charge is 0.427 e. The maximum atomic E-state index is 9.94. The minimum atomic E-state index is -0.750. The predicted molar refractivity (Wildman–Crippen MR) is 115 cm³/mol. The Bertz CT molecular complexity index is 458. The Morgan fingerprint density at radius 2 is 1.43 bits per heavy atom. The van der Waals surface area contributed by atoms with Crippen LogP contribution in [0.2, 0.25) is 0 Å². The Kier molecular flexibility index (Phi) is 18.1. The molecule has 4 unspecified atom stereocenters. The van der Waals surface area contributed by atoms with Gasteiger partial charge >= 0.3 is 0 Å². The molecule has 2 rings (SSSR count). The molecule has 28 heavy (non-hydrogen) atoms. The van der Waals surface area contributed by atoms with Gasteiger partial charge in [-0.15, -0.1) is 0 Å². The zero-order valence-corrected chi connectivity index (χ0v) is 18.6. The number of hydrogen-bond acceptors (Lipinski definition) is 6. The number of rotatable bonds is 6. The molecule has 9 heteroatoms. The van der Waals surface area contributed by atoms with Gasteiger partial charge in [0, 0.05) is 0 Å². The van der Waals surface area contributed by atoms with Gasteiger partial charge in [-0.25, -0.2) is 9.79 Å². The average Bonchev–Trinajstić information content (AvgIpc) is 2.71. The highest BCUT2D eigenvalue weighted by atomic mass is 35.6. The van der Waals surface area contributed by atoms with Crippen LogP contribution in [0, 0.1) is 35.2 Å². The monoisotopic (exact) mass is 454 g/mol. The second-order valence-electron chi connectivity index (χ2n) is 7.35. The third-order valence-electron chi connectivity index (χ3n) is 5.25. The first-order valence-corrected chi connectivity index (χ1v) is 11.1. The topological polar surface area (TPSA) is 114 Å². The smallest absolute Gasteiger partial charge is 0.286 e. The SMILES string of the molecule is ClC(Cl)Cl.N#COCC1CCCC(CN=C=O)C1.NCC1CCCC(CN)C1. The molecule has 0 aromatic rings. The summed E-state index contributed by atoms with van der Waals surface area (Å²) in [6, 6.07) is 0. The van der Waals surface area contributed by atoms with E-state index in [0.29, 0.717) is 25.0 Å². The van der Waals surface area contributed by atoms with Crippen molar-refractivity contribution >= 4 is 40.9 Å². The van der Waals surface area contributed by atoms with E-state index in [-0.39, 0.29) is 0 Å². The van der Waals surface area contributed by atoms with Crippen LogP contribution in [-0.2, 0) is 9.53 Å². The van der Waals surface area contributed by atoms with Crippen molar-refractivity contribution in [2.45, 2.75) is 55.7 Å². The summed E-state index contributed by atoms with van der Waals surface area (Å²) in [5.41, 5.74) is 11.2. The number of carbonyl (C=O) groups excluding carboxylic acids is 1. The van der Waals surface area contributed by atoms with E-state index in [1.165, 1.54) is 25.7 Å². The van der Waals surface area contributed by atoms with E-state index in [9.17, 15) is 4.79 Å². The highest BCUT2D eigenvalue weighted by Crippen LogP contribution is 2.29. The zero-order valence-electron chi connectivity index (χ0n) is 16.4. The molecule has 2 aliphatic rings. The van der Waals surface area contributed by atoms with Crippen LogP contribution in [0.5, 0.6) is 0 Å². The van der Waals surface area contributed by atoms with E-state index in [4.69, 9.17) is 56.3 Å². The number of aliphatic imine (C=N–C) groups is 1. The molecule has 2 saturated carbocycles. The molecule has 0 spiro atoms. The van der Waals surface area contributed by atoms with E-state index in [1.54, 1.807) is 12.3 Å². The van der Waals surface area contributed by atoms with Crippen molar-refractivity contribution in [1.82, 2.24) is 0 Å². The van der Waals surface area contributed by atoms with Crippen molar-refractivity contribution in [1.29, 1.82) is 5.26 Å². The summed E-state index contributed by atoms with van der Waals surface area (Å²) in [7, 11) is 0. The minimum Gasteiger partial charge on any atom is -0.427 e. The second-order valence-corrected chi connectivity index (χ2v) is 9.33. The van der Waals surface area contributed by atoms with Gasteiger partial charge in [-0.05, 0) is 75.3 Å². The number of halogens is 3. The highest BCUT2D eigenvalue weighted by molar-refractivity contribution is 6.63. The molecule has 0 saturated heterocycles. The molecule has 0 aromatic heterocycles. The molecule has 4 atom stereocenters. The molecule has 4 N–H and O–H groups in total. The Morgan fingerprint density at radius 3 is 1.89 bits per heavy atom. The maximum Gasteiger partial charge on any atom is 0.286 e. The highest BCUT2D eigenvalue weighted by Gasteiger charge is 2.22. The Balaban J connectivity index is 0.000000454. The third kappa shape index (κ3) is 15.4. The van der Waals surface area contributed by atoms with Crippen LogP contribution < -0.4 is 11.5 Å². The van der Waals surface area contributed by atoms with Crippen molar-refractivity contribution in [2.24, 2.45) is 40.1 Å². The van der Waals surface area contributed by atoms with Crippen LogP contribution >= 0.6 is 34.8 Å². The van der Waals surface area contributed by atoms with Crippen molar-refractivity contribution in [3.05, 3.63) is 0 Å². The van der Waals surface area contributed by atoms with Crippen LogP contribution in [-0.4, -0.2) is 36.6 Å². The van der Waals surface area contributed by atoms with Crippen LogP contribution in [0.25, 0.3) is 0 Å². The van der Waals surface area contributed by atoms with Crippen molar-refractivity contribution in [3.63, 3.8) is 0 Å². The normalized spacial score (nSPS) is 26.5. The molecule has 0 aromatic carbocycles. The summed E-state index contributed by atoms with van der Waals surface area (Å²) in [5, 5.41) is 8.26. The lowest BCUT2D eigenvalue weighted by molar-refractivity contribution is 0.155. The van der Waals surface area contributed by atoms with Gasteiger partial charge in [-0.2, -0.15) is 5.26 Å². The van der Waals surface area contributed by atoms with Gasteiger partial charge in [0.15, 0.2) is 4.30 Å². The molecular formula is C19H33Cl3N4O2. The molecule has 0 radical (unpaired) electrons. The summed E-state index contributed by atoms with van der Waals surface area (Å²) in [4.78, 5) is 13.5. The number of alkyl halides is 3. The first-order chi connectivity index (χ1) is 13.5. The lowest BCUT2D eigenvalue weighted by Crippen LogP contribution is -2.26. The van der Waals surface area contributed by atoms with E-state index in [2.05, 4.69) is 4.99 Å². The van der Waals surface area contributed by atoms with Gasteiger partial charge in [0.05, 0.1) is 6.54 Å². The number of hydrogen-bond donors (Lipinski definition) is 2. The molecule has 6 nitrogen and oxygen atoms in total. The van der Waals surface area contributed by atoms with E-state index >= 15 is 0 Å². The van der Waals surface area contributed by atoms with Crippen molar-refractivity contribution < 1.29 is 9.53 Å². The maximum absolute atomic E-state index is 9.94. The third-order valence-corrected chi connectivity index (χ3v) is 5.25. The average molecular weight is 456 g/mol. The minimum absolute atomic E-state index is 0.454. The summed E-state index contributed by atoms with van der Waals surface area (Å²) in [6.07, 6.45) is 12.9. The first-order valence-electron chi connectivity index (χ1n) is 9.83. The lowest BCUT2D eigenvalue weighted by atomic mass is 9.81. The summed E-state index contributed by atoms with van der Waals surface area (Å²) in [5.74, 6) is 2.46. The van der Waals surface area contributed by atoms with Crippen molar-refractivity contribution in [2.75, 3.05) is 26.2 Å². The van der Waals surface area contributed by atoms with Gasteiger partial charge in [-0.1, -0.05) is 47.6 Å². The van der Waals surface area contributed by atoms with Crippen LogP contribution in [0.3, 0.4) is 0 Å². The number of ether oxygens (including phenoxy) is 1. The Labute approximate surface area is 183 Å². The van der Waals surface area contributed by atoms with Gasteiger partial charge in [0.2, 0.25) is 6.08 Å². The number of isocyanates is 1. The fourth-order valence-electron chi connectivity index (χ4n) is 3.87. The van der Waals surface area contributed by atoms with Gasteiger partial charge in [-0.3, -0.25) is 0 Å². The number of nitrogens with two attached hydrogens (primary N) is 2. The molecule has 0 bridgehead atoms. The standard InChI is InChI=1S/C10H14N2O2.C8H18N2.CHCl3/c11-7-14-6-10-3-1-2-9(4-10)5-12-8-13;9-5-7-2-1-3-8(4-7)6-10;2-1(3)4/h9-10H,1-6H2;7-8H,1-6,9-10H2;1H. The predicted octanol–water partition coefficient (Wildman–Crippen LogP) is 4.32. The van der Waals surface area contributed by atoms with Gasteiger partial charge < -0.3 is 16.2 Å². The Hall–Kier alpha value is -0.540. The fraction of sp³-hybridized carbons (Fsp3) is 0.895. The van der Waals surface area contributed by atoms with Crippen LogP contribution in [0.1, 0.15) is 51.4 Å². The van der Waals surface area contributed by atoms with E-state index in [0.717, 1.165) is 50.6 Å². The van der Waals surface area contributed by atoms with Gasteiger partial charge in [0.25, 0.3) is 6.26 Å². The molecule has 2 fully saturated rings. The van der Waals surface area contributed by atoms with E-state index in [1.807, 2.05) is 0 Å². The van der Waals surface area contributed by atoms with Gasteiger partial charge in [0.1, 0.15) is 6.61 Å².